The van der Waals surface area contributed by atoms with Gasteiger partial charge in [0.25, 0.3) is 5.91 Å². The van der Waals surface area contributed by atoms with E-state index in [1.807, 2.05) is 53.4 Å². The van der Waals surface area contributed by atoms with Crippen molar-refractivity contribution in [3.8, 4) is 0 Å². The summed E-state index contributed by atoms with van der Waals surface area (Å²) in [6, 6.07) is 16.4. The summed E-state index contributed by atoms with van der Waals surface area (Å²) in [5.41, 5.74) is 4.02. The Morgan fingerprint density at radius 1 is 1.11 bits per heavy atom. The Morgan fingerprint density at radius 2 is 1.85 bits per heavy atom. The van der Waals surface area contributed by atoms with Gasteiger partial charge in [-0.2, -0.15) is 0 Å². The molecule has 0 fully saturated rings. The Hall–Kier alpha value is -2.64. The van der Waals surface area contributed by atoms with E-state index in [1.54, 1.807) is 42.3 Å². The fourth-order valence-electron chi connectivity index (χ4n) is 2.26. The van der Waals surface area contributed by atoms with Crippen molar-refractivity contribution in [3.63, 3.8) is 0 Å². The summed E-state index contributed by atoms with van der Waals surface area (Å²) in [5.74, 6) is -0.0148. The predicted octanol–water partition coefficient (Wildman–Crippen LogP) is 4.26. The Kier molecular flexibility index (Phi) is 6.62. The molecular formula is C20H18N2O3S2. The fourth-order valence-corrected chi connectivity index (χ4v) is 3.72. The van der Waals surface area contributed by atoms with Crippen molar-refractivity contribution in [1.82, 2.24) is 4.98 Å². The number of esters is 1. The van der Waals surface area contributed by atoms with Crippen molar-refractivity contribution >= 4 is 40.7 Å². The van der Waals surface area contributed by atoms with Gasteiger partial charge >= 0.3 is 5.97 Å². The van der Waals surface area contributed by atoms with Crippen LogP contribution in [0, 0.1) is 0 Å². The largest absolute Gasteiger partial charge is 0.452 e. The molecule has 0 bridgehead atoms. The minimum atomic E-state index is -0.513. The van der Waals surface area contributed by atoms with E-state index in [0.717, 1.165) is 22.0 Å². The Balaban J connectivity index is 1.49. The summed E-state index contributed by atoms with van der Waals surface area (Å²) in [5, 5.41) is 2.02. The molecule has 0 radical (unpaired) electrons. The molecule has 138 valence electrons. The van der Waals surface area contributed by atoms with E-state index in [2.05, 4.69) is 4.98 Å². The van der Waals surface area contributed by atoms with E-state index in [0.29, 0.717) is 5.56 Å². The fraction of sp³-hybridized carbons (Fsp3) is 0.150. The lowest BCUT2D eigenvalue weighted by atomic mass is 10.2. The van der Waals surface area contributed by atoms with Crippen LogP contribution in [0.1, 0.15) is 16.1 Å². The predicted molar refractivity (Wildman–Crippen MR) is 108 cm³/mol. The van der Waals surface area contributed by atoms with E-state index in [-0.39, 0.29) is 12.5 Å². The highest BCUT2D eigenvalue weighted by molar-refractivity contribution is 7.98. The minimum Gasteiger partial charge on any atom is -0.452 e. The third-order valence-electron chi connectivity index (χ3n) is 3.80. The van der Waals surface area contributed by atoms with Gasteiger partial charge in [-0.05, 0) is 36.4 Å². The first-order chi connectivity index (χ1) is 13.1. The van der Waals surface area contributed by atoms with E-state index in [1.165, 1.54) is 4.90 Å². The second kappa shape index (κ2) is 9.34. The molecular weight excluding hydrogens is 380 g/mol. The van der Waals surface area contributed by atoms with Crippen molar-refractivity contribution < 1.29 is 14.3 Å². The summed E-state index contributed by atoms with van der Waals surface area (Å²) in [6.07, 6.45) is 0. The molecule has 1 aromatic heterocycles. The Bertz CT molecular complexity index is 881. The number of ether oxygens (including phenoxy) is 1. The first-order valence-electron chi connectivity index (χ1n) is 8.22. The molecule has 1 amide bonds. The highest BCUT2D eigenvalue weighted by atomic mass is 32.2. The number of hydrogen-bond acceptors (Lipinski definition) is 6. The number of amides is 1. The summed E-state index contributed by atoms with van der Waals surface area (Å²) < 4.78 is 5.15. The summed E-state index contributed by atoms with van der Waals surface area (Å²) >= 11 is 3.22. The average Bonchev–Trinajstić information content (AvgIpc) is 3.24. The summed E-state index contributed by atoms with van der Waals surface area (Å²) in [7, 11) is 1.65. The van der Waals surface area contributed by atoms with Gasteiger partial charge < -0.3 is 9.64 Å². The number of benzene rings is 2. The monoisotopic (exact) mass is 398 g/mol. The first kappa shape index (κ1) is 19.1. The highest BCUT2D eigenvalue weighted by Gasteiger charge is 2.14. The van der Waals surface area contributed by atoms with Gasteiger partial charge in [0.1, 0.15) is 0 Å². The lowest BCUT2D eigenvalue weighted by molar-refractivity contribution is -0.121. The van der Waals surface area contributed by atoms with Crippen molar-refractivity contribution in [2.75, 3.05) is 18.6 Å². The van der Waals surface area contributed by atoms with E-state index in [4.69, 9.17) is 4.74 Å². The number of thiazole rings is 1. The minimum absolute atomic E-state index is 0.287. The van der Waals surface area contributed by atoms with Crippen molar-refractivity contribution in [2.45, 2.75) is 10.6 Å². The van der Waals surface area contributed by atoms with Crippen LogP contribution in [-0.2, 0) is 15.3 Å². The lowest BCUT2D eigenvalue weighted by Crippen LogP contribution is -2.31. The molecule has 0 unspecified atom stereocenters. The Labute approximate surface area is 166 Å². The van der Waals surface area contributed by atoms with Crippen molar-refractivity contribution in [2.24, 2.45) is 0 Å². The molecule has 3 rings (SSSR count). The molecule has 7 heteroatoms. The molecule has 0 saturated carbocycles. The normalized spacial score (nSPS) is 10.4. The number of carbonyl (C=O) groups is 2. The van der Waals surface area contributed by atoms with Crippen LogP contribution in [0.5, 0.6) is 0 Å². The van der Waals surface area contributed by atoms with Crippen LogP contribution in [0.2, 0.25) is 0 Å². The number of para-hydroxylation sites is 1. The molecule has 0 atom stereocenters. The maximum absolute atomic E-state index is 12.2. The zero-order valence-corrected chi connectivity index (χ0v) is 16.3. The number of rotatable bonds is 7. The molecule has 2 aromatic carbocycles. The van der Waals surface area contributed by atoms with Gasteiger partial charge in [-0.3, -0.25) is 4.79 Å². The smallest absolute Gasteiger partial charge is 0.338 e. The molecule has 0 aliphatic rings. The van der Waals surface area contributed by atoms with E-state index < -0.39 is 5.97 Å². The maximum Gasteiger partial charge on any atom is 0.338 e. The number of thioether (sulfide) groups is 1. The standard InChI is InChI=1S/C20H18N2O3S2/c1-22(17-5-3-2-4-6-17)19(23)11-25-20(24)15-7-9-18(10-8-15)27-13-16-12-26-14-21-16/h2-10,12,14H,11,13H2,1H3. The molecule has 1 heterocycles. The van der Waals surface area contributed by atoms with Gasteiger partial charge in [0.2, 0.25) is 0 Å². The lowest BCUT2D eigenvalue weighted by Gasteiger charge is -2.17. The second-order valence-electron chi connectivity index (χ2n) is 5.66. The van der Waals surface area contributed by atoms with Crippen molar-refractivity contribution in [3.05, 3.63) is 76.7 Å². The number of hydrogen-bond donors (Lipinski definition) is 0. The van der Waals surface area contributed by atoms with E-state index in [9.17, 15) is 9.59 Å². The number of nitrogens with zero attached hydrogens (tertiary/aromatic N) is 2. The zero-order valence-electron chi connectivity index (χ0n) is 14.7. The maximum atomic E-state index is 12.2. The average molecular weight is 399 g/mol. The quantitative estimate of drug-likeness (QED) is 0.440. The van der Waals surface area contributed by atoms with Crippen LogP contribution in [0.15, 0.2) is 70.4 Å². The summed E-state index contributed by atoms with van der Waals surface area (Å²) in [4.78, 5) is 31.1. The van der Waals surface area contributed by atoms with Gasteiger partial charge in [-0.25, -0.2) is 9.78 Å². The molecule has 3 aromatic rings. The van der Waals surface area contributed by atoms with E-state index >= 15 is 0 Å². The van der Waals surface area contributed by atoms with Gasteiger partial charge in [0, 0.05) is 28.8 Å². The summed E-state index contributed by atoms with van der Waals surface area (Å²) in [6.45, 7) is -0.301. The SMILES string of the molecule is CN(C(=O)COC(=O)c1ccc(SCc2cscn2)cc1)c1ccccc1. The van der Waals surface area contributed by atoms with Crippen LogP contribution in [0.4, 0.5) is 5.69 Å². The molecule has 0 N–H and O–H groups in total. The molecule has 0 saturated heterocycles. The number of aromatic nitrogens is 1. The van der Waals surface area contributed by atoms with Crippen LogP contribution in [-0.4, -0.2) is 30.5 Å². The van der Waals surface area contributed by atoms with Crippen LogP contribution in [0.25, 0.3) is 0 Å². The molecule has 0 spiro atoms. The first-order valence-corrected chi connectivity index (χ1v) is 10.1. The number of likely N-dealkylation sites (N-methyl/N-ethyl adjacent to an activating group) is 1. The zero-order chi connectivity index (χ0) is 19.1. The topological polar surface area (TPSA) is 59.5 Å². The van der Waals surface area contributed by atoms with Crippen LogP contribution < -0.4 is 4.90 Å². The molecule has 5 nitrogen and oxygen atoms in total. The van der Waals surface area contributed by atoms with Gasteiger partial charge in [0.05, 0.1) is 16.8 Å². The van der Waals surface area contributed by atoms with Crippen LogP contribution in [0.3, 0.4) is 0 Å². The van der Waals surface area contributed by atoms with Gasteiger partial charge in [0.15, 0.2) is 6.61 Å². The highest BCUT2D eigenvalue weighted by Crippen LogP contribution is 2.23. The van der Waals surface area contributed by atoms with Crippen molar-refractivity contribution in [1.29, 1.82) is 0 Å². The number of carbonyl (C=O) groups excluding carboxylic acids is 2. The van der Waals surface area contributed by atoms with Crippen LogP contribution >= 0.6 is 23.1 Å². The van der Waals surface area contributed by atoms with Gasteiger partial charge in [-0.1, -0.05) is 18.2 Å². The molecule has 0 aliphatic heterocycles. The third kappa shape index (κ3) is 5.42. The Morgan fingerprint density at radius 3 is 2.52 bits per heavy atom. The number of anilines is 1. The third-order valence-corrected chi connectivity index (χ3v) is 5.49. The molecule has 27 heavy (non-hydrogen) atoms. The second-order valence-corrected chi connectivity index (χ2v) is 7.42. The molecule has 0 aliphatic carbocycles. The van der Waals surface area contributed by atoms with Gasteiger partial charge in [-0.15, -0.1) is 23.1 Å².